The van der Waals surface area contributed by atoms with Crippen LogP contribution in [0, 0.1) is 0 Å². The molecule has 2 fully saturated rings. The zero-order valence-electron chi connectivity index (χ0n) is 21.7. The minimum absolute atomic E-state index is 0.0184. The van der Waals surface area contributed by atoms with E-state index in [9.17, 15) is 14.4 Å². The molecular formula is C29H38N4O4. The molecule has 8 nitrogen and oxygen atoms in total. The lowest BCUT2D eigenvalue weighted by molar-refractivity contribution is -0.159. The number of ether oxygens (including phenoxy) is 1. The summed E-state index contributed by atoms with van der Waals surface area (Å²) in [6.07, 6.45) is 3.57. The first-order valence-electron chi connectivity index (χ1n) is 13.4. The van der Waals surface area contributed by atoms with Crippen molar-refractivity contribution in [2.45, 2.75) is 63.6 Å². The molecule has 2 aromatic carbocycles. The first-order valence-corrected chi connectivity index (χ1v) is 13.4. The molecule has 2 aromatic rings. The highest BCUT2D eigenvalue weighted by Crippen LogP contribution is 2.35. The number of nitrogens with zero attached hydrogens (tertiary/aromatic N) is 2. The third-order valence-corrected chi connectivity index (χ3v) is 7.37. The van der Waals surface area contributed by atoms with Crippen molar-refractivity contribution in [3.8, 4) is 0 Å². The van der Waals surface area contributed by atoms with Crippen molar-refractivity contribution in [1.29, 1.82) is 0 Å². The van der Waals surface area contributed by atoms with Gasteiger partial charge < -0.3 is 25.2 Å². The number of hydrogen-bond donors (Lipinski definition) is 2. The van der Waals surface area contributed by atoms with Gasteiger partial charge in [-0.15, -0.1) is 0 Å². The fourth-order valence-electron chi connectivity index (χ4n) is 5.33. The lowest BCUT2D eigenvalue weighted by Crippen LogP contribution is -2.72. The van der Waals surface area contributed by atoms with Gasteiger partial charge >= 0.3 is 6.09 Å². The number of rotatable bonds is 10. The minimum Gasteiger partial charge on any atom is -0.445 e. The Morgan fingerprint density at radius 1 is 1.03 bits per heavy atom. The Bertz CT molecular complexity index is 1040. The average molecular weight is 507 g/mol. The molecule has 2 aliphatic rings. The molecule has 37 heavy (non-hydrogen) atoms. The zero-order valence-corrected chi connectivity index (χ0v) is 21.7. The molecule has 198 valence electrons. The molecular weight excluding hydrogens is 468 g/mol. The molecule has 1 spiro atoms. The van der Waals surface area contributed by atoms with Gasteiger partial charge in [0.1, 0.15) is 18.2 Å². The van der Waals surface area contributed by atoms with E-state index < -0.39 is 17.7 Å². The number of piperidine rings is 1. The molecule has 1 unspecified atom stereocenters. The topological polar surface area (TPSA) is 91.0 Å². The molecule has 8 heteroatoms. The van der Waals surface area contributed by atoms with Crippen molar-refractivity contribution in [1.82, 2.24) is 15.5 Å². The van der Waals surface area contributed by atoms with E-state index in [1.165, 1.54) is 0 Å². The zero-order chi connectivity index (χ0) is 26.1. The highest BCUT2D eigenvalue weighted by atomic mass is 16.5. The maximum atomic E-state index is 13.5. The van der Waals surface area contributed by atoms with Gasteiger partial charge in [0, 0.05) is 31.9 Å². The van der Waals surface area contributed by atoms with Crippen molar-refractivity contribution in [3.63, 3.8) is 0 Å². The average Bonchev–Trinajstić information content (AvgIpc) is 2.94. The SMILES string of the molecule is CCCN1C(=O)C(CCCCNC(=O)OCc2ccccc2)NC(=O)C12CCN(c1ccccc1)CC2. The summed E-state index contributed by atoms with van der Waals surface area (Å²) in [6.45, 7) is 4.80. The predicted octanol–water partition coefficient (Wildman–Crippen LogP) is 3.86. The first-order chi connectivity index (χ1) is 18.0. The third kappa shape index (κ3) is 6.42. The van der Waals surface area contributed by atoms with Gasteiger partial charge in [0.15, 0.2) is 0 Å². The number of piperazine rings is 1. The summed E-state index contributed by atoms with van der Waals surface area (Å²) in [7, 11) is 0. The summed E-state index contributed by atoms with van der Waals surface area (Å²) in [4.78, 5) is 43.0. The van der Waals surface area contributed by atoms with Crippen LogP contribution < -0.4 is 15.5 Å². The number of alkyl carbamates (subject to hydrolysis) is 1. The standard InChI is InChI=1S/C29H38N4O4/c1-2-19-33-26(34)25(15-9-10-18-30-28(36)37-22-23-11-5-3-6-12-23)31-27(35)29(33)16-20-32(21-17-29)24-13-7-4-8-14-24/h3-8,11-14,25H,2,9-10,15-22H2,1H3,(H,30,36)(H,31,35). The number of para-hydroxylation sites is 1. The Morgan fingerprint density at radius 2 is 1.70 bits per heavy atom. The van der Waals surface area contributed by atoms with E-state index in [1.54, 1.807) is 0 Å². The molecule has 0 saturated carbocycles. The minimum atomic E-state index is -0.765. The molecule has 2 heterocycles. The number of carbonyl (C=O) groups excluding carboxylic acids is 3. The predicted molar refractivity (Wildman–Crippen MR) is 143 cm³/mol. The molecule has 1 atom stereocenters. The molecule has 2 aliphatic heterocycles. The fourth-order valence-corrected chi connectivity index (χ4v) is 5.33. The fraction of sp³-hybridized carbons (Fsp3) is 0.483. The molecule has 3 amide bonds. The quantitative estimate of drug-likeness (QED) is 0.478. The Hall–Kier alpha value is -3.55. The summed E-state index contributed by atoms with van der Waals surface area (Å²) in [5, 5.41) is 5.80. The van der Waals surface area contributed by atoms with E-state index in [0.29, 0.717) is 45.2 Å². The summed E-state index contributed by atoms with van der Waals surface area (Å²) in [6, 6.07) is 19.2. The molecule has 0 bridgehead atoms. The van der Waals surface area contributed by atoms with Crippen LogP contribution in [0.15, 0.2) is 60.7 Å². The molecule has 2 saturated heterocycles. The van der Waals surface area contributed by atoms with Crippen molar-refractivity contribution >= 4 is 23.6 Å². The summed E-state index contributed by atoms with van der Waals surface area (Å²) in [5.74, 6) is -0.00859. The second-order valence-electron chi connectivity index (χ2n) is 9.85. The lowest BCUT2D eigenvalue weighted by atomic mass is 9.81. The van der Waals surface area contributed by atoms with Gasteiger partial charge in [-0.3, -0.25) is 9.59 Å². The Balaban J connectivity index is 1.24. The Kier molecular flexibility index (Phi) is 9.04. The maximum Gasteiger partial charge on any atom is 0.407 e. The van der Waals surface area contributed by atoms with E-state index in [1.807, 2.05) is 60.4 Å². The normalized spacial score (nSPS) is 19.0. The van der Waals surface area contributed by atoms with Gasteiger partial charge in [-0.05, 0) is 56.2 Å². The molecule has 2 N–H and O–H groups in total. The van der Waals surface area contributed by atoms with E-state index >= 15 is 0 Å². The van der Waals surface area contributed by atoms with Gasteiger partial charge in [0.2, 0.25) is 11.8 Å². The van der Waals surface area contributed by atoms with Crippen LogP contribution in [-0.2, 0) is 20.9 Å². The van der Waals surface area contributed by atoms with E-state index in [-0.39, 0.29) is 18.4 Å². The summed E-state index contributed by atoms with van der Waals surface area (Å²) in [5.41, 5.74) is 1.32. The number of hydrogen-bond acceptors (Lipinski definition) is 5. The highest BCUT2D eigenvalue weighted by molar-refractivity contribution is 6.00. The summed E-state index contributed by atoms with van der Waals surface area (Å²) >= 11 is 0. The Labute approximate surface area is 219 Å². The first kappa shape index (κ1) is 26.5. The van der Waals surface area contributed by atoms with Gasteiger partial charge in [0.05, 0.1) is 0 Å². The van der Waals surface area contributed by atoms with Crippen LogP contribution in [0.25, 0.3) is 0 Å². The van der Waals surface area contributed by atoms with Crippen LogP contribution in [-0.4, -0.2) is 60.6 Å². The van der Waals surface area contributed by atoms with Crippen molar-refractivity contribution in [3.05, 3.63) is 66.2 Å². The van der Waals surface area contributed by atoms with E-state index in [2.05, 4.69) is 27.7 Å². The Morgan fingerprint density at radius 3 is 2.38 bits per heavy atom. The van der Waals surface area contributed by atoms with Gasteiger partial charge in [-0.25, -0.2) is 4.79 Å². The van der Waals surface area contributed by atoms with Gasteiger partial charge in [-0.2, -0.15) is 0 Å². The van der Waals surface area contributed by atoms with Gasteiger partial charge in [0.25, 0.3) is 0 Å². The number of anilines is 1. The van der Waals surface area contributed by atoms with Crippen LogP contribution >= 0.6 is 0 Å². The second-order valence-corrected chi connectivity index (χ2v) is 9.85. The molecule has 4 rings (SSSR count). The van der Waals surface area contributed by atoms with Crippen molar-refractivity contribution < 1.29 is 19.1 Å². The summed E-state index contributed by atoms with van der Waals surface area (Å²) < 4.78 is 5.22. The maximum absolute atomic E-state index is 13.5. The smallest absolute Gasteiger partial charge is 0.407 e. The van der Waals surface area contributed by atoms with Crippen LogP contribution in [0.4, 0.5) is 10.5 Å². The van der Waals surface area contributed by atoms with Crippen molar-refractivity contribution in [2.75, 3.05) is 31.1 Å². The molecule has 0 radical (unpaired) electrons. The van der Waals surface area contributed by atoms with Crippen molar-refractivity contribution in [2.24, 2.45) is 0 Å². The molecule has 0 aliphatic carbocycles. The lowest BCUT2D eigenvalue weighted by Gasteiger charge is -2.52. The number of benzene rings is 2. The number of unbranched alkanes of at least 4 members (excludes halogenated alkanes) is 1. The highest BCUT2D eigenvalue weighted by Gasteiger charge is 2.53. The number of amides is 3. The van der Waals surface area contributed by atoms with Crippen LogP contribution in [0.3, 0.4) is 0 Å². The van der Waals surface area contributed by atoms with E-state index in [4.69, 9.17) is 4.74 Å². The van der Waals surface area contributed by atoms with Crippen LogP contribution in [0.2, 0.25) is 0 Å². The third-order valence-electron chi connectivity index (χ3n) is 7.37. The largest absolute Gasteiger partial charge is 0.445 e. The van der Waals surface area contributed by atoms with E-state index in [0.717, 1.165) is 30.8 Å². The second kappa shape index (κ2) is 12.6. The van der Waals surface area contributed by atoms with Crippen LogP contribution in [0.1, 0.15) is 51.0 Å². The van der Waals surface area contributed by atoms with Crippen LogP contribution in [0.5, 0.6) is 0 Å². The van der Waals surface area contributed by atoms with Gasteiger partial charge in [-0.1, -0.05) is 55.5 Å². The monoisotopic (exact) mass is 506 g/mol. The number of nitrogens with one attached hydrogen (secondary N) is 2. The molecule has 0 aromatic heterocycles. The number of carbonyl (C=O) groups is 3.